The largest absolute Gasteiger partial charge is 0.487 e. The molecular weight excluding hydrogens is 537 g/mol. The number of hydrogen-bond donors (Lipinski definition) is 0. The van der Waals surface area contributed by atoms with Crippen LogP contribution in [0.15, 0.2) is 105 Å². The lowest BCUT2D eigenvalue weighted by molar-refractivity contribution is 0.297. The maximum absolute atomic E-state index is 14.0. The van der Waals surface area contributed by atoms with Crippen LogP contribution in [0.5, 0.6) is 17.2 Å². The molecule has 0 spiro atoms. The van der Waals surface area contributed by atoms with Crippen LogP contribution in [0, 0.1) is 5.82 Å². The van der Waals surface area contributed by atoms with Crippen molar-refractivity contribution in [1.82, 2.24) is 0 Å². The summed E-state index contributed by atoms with van der Waals surface area (Å²) >= 11 is 7.03. The molecule has 0 aliphatic heterocycles. The van der Waals surface area contributed by atoms with Crippen molar-refractivity contribution >= 4 is 43.8 Å². The second-order valence-corrected chi connectivity index (χ2v) is 8.62. The summed E-state index contributed by atoms with van der Waals surface area (Å²) in [4.78, 5) is 4.56. The highest BCUT2D eigenvalue weighted by atomic mass is 79.9. The van der Waals surface area contributed by atoms with Crippen LogP contribution in [0.4, 0.5) is 10.1 Å². The highest BCUT2D eigenvalue weighted by molar-refractivity contribution is 9.11. The second kappa shape index (κ2) is 10.6. The van der Waals surface area contributed by atoms with Crippen LogP contribution < -0.4 is 9.47 Å². The summed E-state index contributed by atoms with van der Waals surface area (Å²) < 4.78 is 27.3. The fourth-order valence-corrected chi connectivity index (χ4v) is 4.34. The van der Waals surface area contributed by atoms with Gasteiger partial charge in [0.25, 0.3) is 0 Å². The van der Waals surface area contributed by atoms with Gasteiger partial charge in [0.05, 0.1) is 10.2 Å². The Morgan fingerprint density at radius 2 is 1.50 bits per heavy atom. The molecule has 0 saturated heterocycles. The molecule has 3 nitrogen and oxygen atoms in total. The van der Waals surface area contributed by atoms with Crippen molar-refractivity contribution in [3.8, 4) is 17.2 Å². The quantitative estimate of drug-likeness (QED) is 0.214. The minimum absolute atomic E-state index is 0.110. The van der Waals surface area contributed by atoms with Gasteiger partial charge in [-0.2, -0.15) is 0 Å². The minimum atomic E-state index is -0.297. The molecule has 4 aromatic rings. The van der Waals surface area contributed by atoms with Gasteiger partial charge in [0, 0.05) is 21.8 Å². The van der Waals surface area contributed by atoms with Gasteiger partial charge in [-0.1, -0.05) is 52.3 Å². The van der Waals surface area contributed by atoms with Crippen LogP contribution in [-0.4, -0.2) is 6.21 Å². The van der Waals surface area contributed by atoms with Crippen molar-refractivity contribution in [2.75, 3.05) is 0 Å². The third kappa shape index (κ3) is 5.84. The van der Waals surface area contributed by atoms with Crippen molar-refractivity contribution in [3.05, 3.63) is 117 Å². The molecule has 0 amide bonds. The van der Waals surface area contributed by atoms with Gasteiger partial charge in [0.1, 0.15) is 29.7 Å². The Labute approximate surface area is 202 Å². The first-order chi connectivity index (χ1) is 15.6. The van der Waals surface area contributed by atoms with Gasteiger partial charge in [0.15, 0.2) is 0 Å². The lowest BCUT2D eigenvalue weighted by Gasteiger charge is -2.12. The molecule has 0 radical (unpaired) electrons. The van der Waals surface area contributed by atoms with E-state index in [1.165, 1.54) is 6.07 Å². The fourth-order valence-electron chi connectivity index (χ4n) is 2.96. The molecule has 0 atom stereocenters. The van der Waals surface area contributed by atoms with Crippen LogP contribution in [-0.2, 0) is 6.61 Å². The van der Waals surface area contributed by atoms with Gasteiger partial charge in [-0.15, -0.1) is 0 Å². The number of halogens is 3. The summed E-state index contributed by atoms with van der Waals surface area (Å²) in [5.74, 6) is 1.80. The zero-order valence-corrected chi connectivity index (χ0v) is 20.0. The number of aliphatic imine (C=N–C) groups is 1. The molecule has 160 valence electrons. The van der Waals surface area contributed by atoms with Crippen molar-refractivity contribution in [1.29, 1.82) is 0 Å². The molecule has 0 N–H and O–H groups in total. The summed E-state index contributed by atoms with van der Waals surface area (Å²) in [6.45, 7) is 0.110. The Morgan fingerprint density at radius 1 is 0.812 bits per heavy atom. The van der Waals surface area contributed by atoms with E-state index < -0.39 is 0 Å². The van der Waals surface area contributed by atoms with Crippen molar-refractivity contribution < 1.29 is 13.9 Å². The van der Waals surface area contributed by atoms with Crippen LogP contribution in [0.25, 0.3) is 0 Å². The molecule has 0 fully saturated rings. The van der Waals surface area contributed by atoms with E-state index >= 15 is 0 Å². The summed E-state index contributed by atoms with van der Waals surface area (Å²) in [5.41, 5.74) is 2.01. The monoisotopic (exact) mass is 553 g/mol. The Kier molecular flexibility index (Phi) is 7.35. The zero-order chi connectivity index (χ0) is 22.3. The Balaban J connectivity index is 1.51. The highest BCUT2D eigenvalue weighted by Crippen LogP contribution is 2.33. The molecule has 4 aromatic carbocycles. The second-order valence-electron chi connectivity index (χ2n) is 6.85. The first kappa shape index (κ1) is 22.2. The van der Waals surface area contributed by atoms with E-state index in [1.807, 2.05) is 66.7 Å². The molecule has 4 rings (SSSR count). The standard InChI is InChI=1S/C26H18Br2FNO2/c27-20-14-19(26(24(28)15-20)31-17-18-6-4-5-9-25(18)29)16-30-21-10-12-23(13-11-21)32-22-7-2-1-3-8-22/h1-16H,17H2. The van der Waals surface area contributed by atoms with Crippen LogP contribution in [0.2, 0.25) is 0 Å². The maximum atomic E-state index is 14.0. The molecule has 32 heavy (non-hydrogen) atoms. The summed E-state index contributed by atoms with van der Waals surface area (Å²) in [7, 11) is 0. The van der Waals surface area contributed by atoms with Gasteiger partial charge in [-0.3, -0.25) is 4.99 Å². The predicted molar refractivity (Wildman–Crippen MR) is 133 cm³/mol. The summed E-state index contributed by atoms with van der Waals surface area (Å²) in [5, 5.41) is 0. The van der Waals surface area contributed by atoms with Gasteiger partial charge in [-0.05, 0) is 70.5 Å². The average molecular weight is 555 g/mol. The van der Waals surface area contributed by atoms with Gasteiger partial charge in [-0.25, -0.2) is 4.39 Å². The Morgan fingerprint density at radius 3 is 2.25 bits per heavy atom. The number of ether oxygens (including phenoxy) is 2. The first-order valence-electron chi connectivity index (χ1n) is 9.81. The maximum Gasteiger partial charge on any atom is 0.142 e. The van der Waals surface area contributed by atoms with E-state index in [1.54, 1.807) is 24.4 Å². The van der Waals surface area contributed by atoms with Gasteiger partial charge in [0.2, 0.25) is 0 Å². The molecule has 0 saturated carbocycles. The number of para-hydroxylation sites is 1. The number of benzene rings is 4. The minimum Gasteiger partial charge on any atom is -0.487 e. The fraction of sp³-hybridized carbons (Fsp3) is 0.0385. The third-order valence-corrected chi connectivity index (χ3v) is 5.58. The molecule has 0 aromatic heterocycles. The average Bonchev–Trinajstić information content (AvgIpc) is 2.79. The molecule has 0 heterocycles. The van der Waals surface area contributed by atoms with E-state index in [2.05, 4.69) is 36.9 Å². The number of hydrogen-bond acceptors (Lipinski definition) is 3. The van der Waals surface area contributed by atoms with Crippen LogP contribution in [0.3, 0.4) is 0 Å². The van der Waals surface area contributed by atoms with Crippen LogP contribution in [0.1, 0.15) is 11.1 Å². The Bertz CT molecular complexity index is 1230. The molecule has 0 aliphatic rings. The lowest BCUT2D eigenvalue weighted by Crippen LogP contribution is -2.01. The normalized spacial score (nSPS) is 11.0. The van der Waals surface area contributed by atoms with E-state index in [9.17, 15) is 4.39 Å². The smallest absolute Gasteiger partial charge is 0.142 e. The topological polar surface area (TPSA) is 30.8 Å². The third-order valence-electron chi connectivity index (χ3n) is 4.54. The van der Waals surface area contributed by atoms with E-state index in [4.69, 9.17) is 9.47 Å². The molecule has 0 aliphatic carbocycles. The highest BCUT2D eigenvalue weighted by Gasteiger charge is 2.11. The van der Waals surface area contributed by atoms with E-state index in [-0.39, 0.29) is 12.4 Å². The predicted octanol–water partition coefficient (Wildman–Crippen LogP) is 8.47. The van der Waals surface area contributed by atoms with Crippen molar-refractivity contribution in [3.63, 3.8) is 0 Å². The lowest BCUT2D eigenvalue weighted by atomic mass is 10.2. The number of nitrogens with zero attached hydrogens (tertiary/aromatic N) is 1. The SMILES string of the molecule is Fc1ccccc1COc1c(Br)cc(Br)cc1C=Nc1ccc(Oc2ccccc2)cc1. The van der Waals surface area contributed by atoms with E-state index in [0.717, 1.165) is 31.7 Å². The van der Waals surface area contributed by atoms with Crippen molar-refractivity contribution in [2.24, 2.45) is 4.99 Å². The first-order valence-corrected chi connectivity index (χ1v) is 11.4. The summed E-state index contributed by atoms with van der Waals surface area (Å²) in [6.07, 6.45) is 1.72. The molecule has 0 unspecified atom stereocenters. The van der Waals surface area contributed by atoms with Gasteiger partial charge < -0.3 is 9.47 Å². The van der Waals surface area contributed by atoms with E-state index in [0.29, 0.717) is 11.3 Å². The molecular formula is C26H18Br2FNO2. The molecule has 0 bridgehead atoms. The van der Waals surface area contributed by atoms with Crippen molar-refractivity contribution in [2.45, 2.75) is 6.61 Å². The zero-order valence-electron chi connectivity index (χ0n) is 16.8. The summed E-state index contributed by atoms with van der Waals surface area (Å²) in [6, 6.07) is 27.4. The van der Waals surface area contributed by atoms with Gasteiger partial charge >= 0.3 is 0 Å². The number of rotatable bonds is 7. The van der Waals surface area contributed by atoms with Crippen LogP contribution >= 0.6 is 31.9 Å². The molecule has 6 heteroatoms. The Hall–Kier alpha value is -2.96.